The number of nitrogens with one attached hydrogen (secondary N) is 2. The lowest BCUT2D eigenvalue weighted by Crippen LogP contribution is -2.36. The molecule has 2 amide bonds. The van der Waals surface area contributed by atoms with Gasteiger partial charge in [-0.2, -0.15) is 0 Å². The third kappa shape index (κ3) is 5.09. The molecule has 0 radical (unpaired) electrons. The Bertz CT molecular complexity index is 503. The molecule has 1 unspecified atom stereocenters. The van der Waals surface area contributed by atoms with Gasteiger partial charge in [-0.25, -0.2) is 9.59 Å². The lowest BCUT2D eigenvalue weighted by Gasteiger charge is -2.16. The van der Waals surface area contributed by atoms with E-state index in [9.17, 15) is 9.59 Å². The minimum absolute atomic E-state index is 0.0419. The first-order valence-electron chi connectivity index (χ1n) is 6.40. The molecule has 0 aliphatic heterocycles. The van der Waals surface area contributed by atoms with Crippen molar-refractivity contribution in [2.24, 2.45) is 5.92 Å². The molecule has 110 valence electrons. The van der Waals surface area contributed by atoms with Gasteiger partial charge in [0.15, 0.2) is 0 Å². The van der Waals surface area contributed by atoms with Crippen LogP contribution in [-0.2, 0) is 0 Å². The standard InChI is InChI=1S/C14H19ClN2O3/c1-8(2)6-9(3)16-14(20)17-10-4-5-12(15)11(7-10)13(18)19/h4-5,7-9H,6H2,1-3H3,(H,18,19)(H2,16,17,20). The summed E-state index contributed by atoms with van der Waals surface area (Å²) in [5, 5.41) is 14.5. The number of hydrogen-bond donors (Lipinski definition) is 3. The van der Waals surface area contributed by atoms with E-state index in [0.717, 1.165) is 6.42 Å². The number of carboxylic acid groups (broad SMARTS) is 1. The van der Waals surface area contributed by atoms with Crippen molar-refractivity contribution in [3.8, 4) is 0 Å². The third-order valence-electron chi connectivity index (χ3n) is 2.66. The number of halogens is 1. The van der Waals surface area contributed by atoms with Crippen LogP contribution in [0.4, 0.5) is 10.5 Å². The minimum atomic E-state index is -1.13. The predicted molar refractivity (Wildman–Crippen MR) is 79.5 cm³/mol. The molecule has 0 heterocycles. The van der Waals surface area contributed by atoms with Gasteiger partial charge in [0.2, 0.25) is 0 Å². The predicted octanol–water partition coefficient (Wildman–Crippen LogP) is 3.59. The highest BCUT2D eigenvalue weighted by molar-refractivity contribution is 6.33. The molecule has 1 aromatic rings. The Kier molecular flexibility index (Phi) is 5.82. The largest absolute Gasteiger partial charge is 0.478 e. The molecule has 6 heteroatoms. The third-order valence-corrected chi connectivity index (χ3v) is 2.99. The monoisotopic (exact) mass is 298 g/mol. The molecular weight excluding hydrogens is 280 g/mol. The SMILES string of the molecule is CC(C)CC(C)NC(=O)Nc1ccc(Cl)c(C(=O)O)c1. The van der Waals surface area contributed by atoms with Crippen molar-refractivity contribution < 1.29 is 14.7 Å². The van der Waals surface area contributed by atoms with Crippen LogP contribution in [0.2, 0.25) is 5.02 Å². The Hall–Kier alpha value is -1.75. The van der Waals surface area contributed by atoms with Crippen LogP contribution in [0.25, 0.3) is 0 Å². The van der Waals surface area contributed by atoms with Crippen LogP contribution >= 0.6 is 11.6 Å². The number of carboxylic acids is 1. The van der Waals surface area contributed by atoms with Crippen molar-refractivity contribution in [2.75, 3.05) is 5.32 Å². The quantitative estimate of drug-likeness (QED) is 0.777. The first-order valence-corrected chi connectivity index (χ1v) is 6.77. The molecule has 1 rings (SSSR count). The summed E-state index contributed by atoms with van der Waals surface area (Å²) in [7, 11) is 0. The Morgan fingerprint density at radius 3 is 2.50 bits per heavy atom. The Balaban J connectivity index is 2.67. The maximum absolute atomic E-state index is 11.8. The molecule has 3 N–H and O–H groups in total. The average Bonchev–Trinajstić information content (AvgIpc) is 2.29. The van der Waals surface area contributed by atoms with Crippen molar-refractivity contribution in [1.29, 1.82) is 0 Å². The van der Waals surface area contributed by atoms with E-state index >= 15 is 0 Å². The molecule has 0 aliphatic rings. The van der Waals surface area contributed by atoms with Gasteiger partial charge < -0.3 is 15.7 Å². The zero-order valence-electron chi connectivity index (χ0n) is 11.7. The van der Waals surface area contributed by atoms with Crippen LogP contribution in [0, 0.1) is 5.92 Å². The van der Waals surface area contributed by atoms with Crippen LogP contribution in [-0.4, -0.2) is 23.1 Å². The van der Waals surface area contributed by atoms with Gasteiger partial charge in [-0.1, -0.05) is 25.4 Å². The fourth-order valence-electron chi connectivity index (χ4n) is 1.92. The summed E-state index contributed by atoms with van der Waals surface area (Å²) in [5.74, 6) is -0.647. The fraction of sp³-hybridized carbons (Fsp3) is 0.429. The summed E-state index contributed by atoms with van der Waals surface area (Å²) in [6.45, 7) is 6.08. The summed E-state index contributed by atoms with van der Waals surface area (Å²) in [6, 6.07) is 4.01. The van der Waals surface area contributed by atoms with Gasteiger partial charge in [0, 0.05) is 11.7 Å². The van der Waals surface area contributed by atoms with Crippen molar-refractivity contribution in [3.05, 3.63) is 28.8 Å². The van der Waals surface area contributed by atoms with E-state index in [1.807, 2.05) is 6.92 Å². The number of aromatic carboxylic acids is 1. The molecule has 0 bridgehead atoms. The molecule has 0 aliphatic carbocycles. The molecular formula is C14H19ClN2O3. The van der Waals surface area contributed by atoms with Crippen molar-refractivity contribution >= 4 is 29.3 Å². The fourth-order valence-corrected chi connectivity index (χ4v) is 2.12. The molecule has 0 aromatic heterocycles. The average molecular weight is 299 g/mol. The van der Waals surface area contributed by atoms with Gasteiger partial charge in [-0.05, 0) is 37.5 Å². The van der Waals surface area contributed by atoms with Gasteiger partial charge >= 0.3 is 12.0 Å². The number of urea groups is 1. The van der Waals surface area contributed by atoms with Gasteiger partial charge in [-0.15, -0.1) is 0 Å². The second-order valence-corrected chi connectivity index (χ2v) is 5.54. The van der Waals surface area contributed by atoms with Gasteiger partial charge in [0.25, 0.3) is 0 Å². The first kappa shape index (κ1) is 16.3. The number of carbonyl (C=O) groups is 2. The summed E-state index contributed by atoms with van der Waals surface area (Å²) in [5.41, 5.74) is 0.348. The van der Waals surface area contributed by atoms with Crippen molar-refractivity contribution in [2.45, 2.75) is 33.2 Å². The Labute approximate surface area is 123 Å². The molecule has 0 spiro atoms. The van der Waals surface area contributed by atoms with Gasteiger partial charge in [0.05, 0.1) is 10.6 Å². The number of hydrogen-bond acceptors (Lipinski definition) is 2. The van der Waals surface area contributed by atoms with E-state index in [-0.39, 0.29) is 22.7 Å². The van der Waals surface area contributed by atoms with Gasteiger partial charge in [0.1, 0.15) is 0 Å². The highest BCUT2D eigenvalue weighted by atomic mass is 35.5. The first-order chi connectivity index (χ1) is 9.29. The topological polar surface area (TPSA) is 78.4 Å². The number of benzene rings is 1. The Morgan fingerprint density at radius 1 is 1.30 bits per heavy atom. The summed E-state index contributed by atoms with van der Waals surface area (Å²) in [4.78, 5) is 22.7. The van der Waals surface area contributed by atoms with E-state index < -0.39 is 5.97 Å². The van der Waals surface area contributed by atoms with Crippen molar-refractivity contribution in [3.63, 3.8) is 0 Å². The second kappa shape index (κ2) is 7.14. The summed E-state index contributed by atoms with van der Waals surface area (Å²) >= 11 is 5.76. The molecule has 20 heavy (non-hydrogen) atoms. The van der Waals surface area contributed by atoms with E-state index in [1.165, 1.54) is 12.1 Å². The van der Waals surface area contributed by atoms with Gasteiger partial charge in [-0.3, -0.25) is 0 Å². The smallest absolute Gasteiger partial charge is 0.337 e. The zero-order chi connectivity index (χ0) is 15.3. The lowest BCUT2D eigenvalue weighted by molar-refractivity contribution is 0.0697. The molecule has 1 atom stereocenters. The van der Waals surface area contributed by atoms with Crippen LogP contribution in [0.15, 0.2) is 18.2 Å². The van der Waals surface area contributed by atoms with Crippen molar-refractivity contribution in [1.82, 2.24) is 5.32 Å². The van der Waals surface area contributed by atoms with Crippen LogP contribution < -0.4 is 10.6 Å². The highest BCUT2D eigenvalue weighted by Crippen LogP contribution is 2.20. The number of carbonyl (C=O) groups excluding carboxylic acids is 1. The maximum atomic E-state index is 11.8. The lowest BCUT2D eigenvalue weighted by atomic mass is 10.1. The van der Waals surface area contributed by atoms with E-state index in [0.29, 0.717) is 11.6 Å². The van der Waals surface area contributed by atoms with Crippen LogP contribution in [0.5, 0.6) is 0 Å². The molecule has 0 fully saturated rings. The number of rotatable bonds is 5. The normalized spacial score (nSPS) is 12.1. The van der Waals surface area contributed by atoms with Crippen LogP contribution in [0.1, 0.15) is 37.6 Å². The summed E-state index contributed by atoms with van der Waals surface area (Å²) in [6.07, 6.45) is 0.869. The molecule has 0 saturated carbocycles. The Morgan fingerprint density at radius 2 is 1.95 bits per heavy atom. The molecule has 5 nitrogen and oxygen atoms in total. The molecule has 1 aromatic carbocycles. The number of anilines is 1. The van der Waals surface area contributed by atoms with E-state index in [2.05, 4.69) is 24.5 Å². The molecule has 0 saturated heterocycles. The minimum Gasteiger partial charge on any atom is -0.478 e. The zero-order valence-corrected chi connectivity index (χ0v) is 12.5. The summed E-state index contributed by atoms with van der Waals surface area (Å²) < 4.78 is 0. The number of amides is 2. The van der Waals surface area contributed by atoms with E-state index in [4.69, 9.17) is 16.7 Å². The van der Waals surface area contributed by atoms with E-state index in [1.54, 1.807) is 6.07 Å². The highest BCUT2D eigenvalue weighted by Gasteiger charge is 2.12. The van der Waals surface area contributed by atoms with Crippen LogP contribution in [0.3, 0.4) is 0 Å². The maximum Gasteiger partial charge on any atom is 0.337 e. The second-order valence-electron chi connectivity index (χ2n) is 5.13.